The largest absolute Gasteiger partial charge is 0.399 e. The fourth-order valence-electron chi connectivity index (χ4n) is 1.10. The van der Waals surface area contributed by atoms with Gasteiger partial charge in [0.2, 0.25) is 10.0 Å². The van der Waals surface area contributed by atoms with Crippen LogP contribution in [0.15, 0.2) is 22.7 Å². The van der Waals surface area contributed by atoms with E-state index in [4.69, 9.17) is 5.73 Å². The van der Waals surface area contributed by atoms with Crippen LogP contribution in [-0.4, -0.2) is 34.6 Å². The summed E-state index contributed by atoms with van der Waals surface area (Å²) in [6.07, 6.45) is 0.985. The second-order valence-corrected chi connectivity index (χ2v) is 8.75. The van der Waals surface area contributed by atoms with Crippen LogP contribution in [0.1, 0.15) is 0 Å². The molecule has 9 heteroatoms. The van der Waals surface area contributed by atoms with E-state index in [2.05, 4.69) is 20.7 Å². The standard InChI is InChI=1S/C9H13BrN2O4S2/c1-17(13,14)4-5-18(15,16)12-9-6-7(11)2-3-8(9)10/h2-3,6,12H,4-5,11H2,1H3. The Morgan fingerprint density at radius 3 is 2.39 bits per heavy atom. The molecule has 0 aromatic heterocycles. The SMILES string of the molecule is CS(=O)(=O)CCS(=O)(=O)Nc1cc(N)ccc1Br. The Hall–Kier alpha value is -0.800. The van der Waals surface area contributed by atoms with E-state index in [9.17, 15) is 16.8 Å². The molecule has 0 atom stereocenters. The molecule has 0 fully saturated rings. The van der Waals surface area contributed by atoms with Gasteiger partial charge in [0.25, 0.3) is 0 Å². The Labute approximate surface area is 115 Å². The first-order valence-corrected chi connectivity index (χ1v) is 9.33. The Bertz CT molecular complexity index is 641. The van der Waals surface area contributed by atoms with Gasteiger partial charge in [-0.25, -0.2) is 16.8 Å². The lowest BCUT2D eigenvalue weighted by molar-refractivity contribution is 0.593. The van der Waals surface area contributed by atoms with Crippen LogP contribution in [0.2, 0.25) is 0 Å². The van der Waals surface area contributed by atoms with Crippen molar-refractivity contribution in [1.82, 2.24) is 0 Å². The second kappa shape index (κ2) is 5.45. The third-order valence-corrected chi connectivity index (χ3v) is 5.15. The van der Waals surface area contributed by atoms with E-state index in [-0.39, 0.29) is 5.69 Å². The molecule has 0 spiro atoms. The number of benzene rings is 1. The number of hydrogen-bond acceptors (Lipinski definition) is 5. The highest BCUT2D eigenvalue weighted by molar-refractivity contribution is 9.10. The molecular formula is C9H13BrN2O4S2. The van der Waals surface area contributed by atoms with Crippen molar-refractivity contribution in [3.8, 4) is 0 Å². The van der Waals surface area contributed by atoms with Gasteiger partial charge in [-0.1, -0.05) is 0 Å². The monoisotopic (exact) mass is 356 g/mol. The topological polar surface area (TPSA) is 106 Å². The van der Waals surface area contributed by atoms with Gasteiger partial charge < -0.3 is 5.73 Å². The Morgan fingerprint density at radius 2 is 1.83 bits per heavy atom. The highest BCUT2D eigenvalue weighted by atomic mass is 79.9. The molecule has 1 rings (SSSR count). The molecule has 0 saturated heterocycles. The van der Waals surface area contributed by atoms with Gasteiger partial charge in [0.05, 0.1) is 17.2 Å². The molecule has 0 aliphatic carbocycles. The fraction of sp³-hybridized carbons (Fsp3) is 0.333. The highest BCUT2D eigenvalue weighted by Gasteiger charge is 2.15. The normalized spacial score (nSPS) is 12.3. The van der Waals surface area contributed by atoms with E-state index in [1.807, 2.05) is 0 Å². The molecular weight excluding hydrogens is 344 g/mol. The highest BCUT2D eigenvalue weighted by Crippen LogP contribution is 2.25. The van der Waals surface area contributed by atoms with E-state index in [1.165, 1.54) is 6.07 Å². The van der Waals surface area contributed by atoms with Crippen LogP contribution in [0.5, 0.6) is 0 Å². The number of sulfone groups is 1. The average Bonchev–Trinajstić information content (AvgIpc) is 2.20. The summed E-state index contributed by atoms with van der Waals surface area (Å²) in [7, 11) is -7.05. The Balaban J connectivity index is 2.86. The zero-order valence-corrected chi connectivity index (χ0v) is 12.8. The number of sulfonamides is 1. The number of halogens is 1. The first-order valence-electron chi connectivity index (χ1n) is 4.82. The molecule has 1 aromatic carbocycles. The van der Waals surface area contributed by atoms with Crippen molar-refractivity contribution in [1.29, 1.82) is 0 Å². The van der Waals surface area contributed by atoms with Gasteiger partial charge in [-0.15, -0.1) is 0 Å². The molecule has 0 heterocycles. The first kappa shape index (κ1) is 15.3. The molecule has 0 unspecified atom stereocenters. The predicted molar refractivity (Wildman–Crippen MR) is 75.7 cm³/mol. The molecule has 1 aromatic rings. The lowest BCUT2D eigenvalue weighted by Gasteiger charge is -2.09. The molecule has 18 heavy (non-hydrogen) atoms. The number of rotatable bonds is 5. The summed E-state index contributed by atoms with van der Waals surface area (Å²) in [6, 6.07) is 4.66. The van der Waals surface area contributed by atoms with Crippen LogP contribution >= 0.6 is 15.9 Å². The zero-order valence-electron chi connectivity index (χ0n) is 9.55. The van der Waals surface area contributed by atoms with Gasteiger partial charge in [0.15, 0.2) is 0 Å². The fourth-order valence-corrected chi connectivity index (χ4v) is 4.27. The summed E-state index contributed by atoms with van der Waals surface area (Å²) in [5.41, 5.74) is 6.22. The van der Waals surface area contributed by atoms with Crippen molar-refractivity contribution in [3.63, 3.8) is 0 Å². The zero-order chi connectivity index (χ0) is 14.0. The molecule has 0 aliphatic heterocycles. The quantitative estimate of drug-likeness (QED) is 0.759. The number of anilines is 2. The summed E-state index contributed by atoms with van der Waals surface area (Å²) in [5, 5.41) is 0. The van der Waals surface area contributed by atoms with Gasteiger partial charge in [0.1, 0.15) is 9.84 Å². The number of nitrogen functional groups attached to an aromatic ring is 1. The molecule has 3 N–H and O–H groups in total. The van der Waals surface area contributed by atoms with Crippen LogP contribution in [0.4, 0.5) is 11.4 Å². The van der Waals surface area contributed by atoms with Gasteiger partial charge in [-0.3, -0.25) is 4.72 Å². The van der Waals surface area contributed by atoms with Crippen molar-refractivity contribution >= 4 is 47.2 Å². The molecule has 6 nitrogen and oxygen atoms in total. The maximum absolute atomic E-state index is 11.7. The minimum Gasteiger partial charge on any atom is -0.399 e. The molecule has 0 radical (unpaired) electrons. The summed E-state index contributed by atoms with van der Waals surface area (Å²) in [6.45, 7) is 0. The van der Waals surface area contributed by atoms with E-state index in [1.54, 1.807) is 12.1 Å². The van der Waals surface area contributed by atoms with Crippen molar-refractivity contribution in [2.45, 2.75) is 0 Å². The van der Waals surface area contributed by atoms with Crippen molar-refractivity contribution in [2.24, 2.45) is 0 Å². The molecule has 0 saturated carbocycles. The average molecular weight is 357 g/mol. The van der Waals surface area contributed by atoms with Crippen molar-refractivity contribution < 1.29 is 16.8 Å². The summed E-state index contributed by atoms with van der Waals surface area (Å²) >= 11 is 3.17. The van der Waals surface area contributed by atoms with E-state index < -0.39 is 31.4 Å². The van der Waals surface area contributed by atoms with E-state index in [0.717, 1.165) is 6.26 Å². The Morgan fingerprint density at radius 1 is 1.22 bits per heavy atom. The third-order valence-electron chi connectivity index (χ3n) is 1.98. The summed E-state index contributed by atoms with van der Waals surface area (Å²) < 4.78 is 48.0. The minimum absolute atomic E-state index is 0.281. The summed E-state index contributed by atoms with van der Waals surface area (Å²) in [5.74, 6) is -0.921. The second-order valence-electron chi connectivity index (χ2n) is 3.79. The summed E-state index contributed by atoms with van der Waals surface area (Å²) in [4.78, 5) is 0. The van der Waals surface area contributed by atoms with Crippen LogP contribution < -0.4 is 10.5 Å². The van der Waals surface area contributed by atoms with Crippen LogP contribution in [0, 0.1) is 0 Å². The van der Waals surface area contributed by atoms with Gasteiger partial charge >= 0.3 is 0 Å². The molecule has 0 bridgehead atoms. The molecule has 0 aliphatic rings. The van der Waals surface area contributed by atoms with Crippen molar-refractivity contribution in [3.05, 3.63) is 22.7 Å². The van der Waals surface area contributed by atoms with Gasteiger partial charge in [-0.05, 0) is 34.1 Å². The molecule has 0 amide bonds. The number of hydrogen-bond donors (Lipinski definition) is 2. The van der Waals surface area contributed by atoms with Crippen LogP contribution in [0.25, 0.3) is 0 Å². The maximum atomic E-state index is 11.7. The third kappa shape index (κ3) is 5.23. The van der Waals surface area contributed by atoms with Crippen LogP contribution in [-0.2, 0) is 19.9 Å². The van der Waals surface area contributed by atoms with E-state index in [0.29, 0.717) is 10.2 Å². The van der Waals surface area contributed by atoms with Gasteiger partial charge in [0, 0.05) is 16.4 Å². The van der Waals surface area contributed by atoms with Crippen molar-refractivity contribution in [2.75, 3.05) is 28.2 Å². The first-order chi connectivity index (χ1) is 8.09. The Kier molecular flexibility index (Phi) is 4.62. The van der Waals surface area contributed by atoms with E-state index >= 15 is 0 Å². The molecule has 102 valence electrons. The van der Waals surface area contributed by atoms with Gasteiger partial charge in [-0.2, -0.15) is 0 Å². The smallest absolute Gasteiger partial charge is 0.233 e. The number of nitrogens with one attached hydrogen (secondary N) is 1. The maximum Gasteiger partial charge on any atom is 0.233 e. The lowest BCUT2D eigenvalue weighted by atomic mass is 10.3. The minimum atomic E-state index is -3.72. The predicted octanol–water partition coefficient (Wildman–Crippen LogP) is 0.818. The van der Waals surface area contributed by atoms with Crippen LogP contribution in [0.3, 0.4) is 0 Å². The number of nitrogens with two attached hydrogens (primary N) is 1. The lowest BCUT2D eigenvalue weighted by Crippen LogP contribution is -2.22.